The second kappa shape index (κ2) is 10.4. The molecule has 2 aliphatic rings. The Kier molecular flexibility index (Phi) is 6.98. The molecule has 1 aromatic heterocycles. The van der Waals surface area contributed by atoms with Gasteiger partial charge in [-0.1, -0.05) is 36.4 Å². The number of aromatic nitrogens is 1. The van der Waals surface area contributed by atoms with Crippen LogP contribution in [0.2, 0.25) is 0 Å². The summed E-state index contributed by atoms with van der Waals surface area (Å²) >= 11 is 0. The third-order valence-electron chi connectivity index (χ3n) is 6.80. The fraction of sp³-hybridized carbons (Fsp3) is 0.321. The van der Waals surface area contributed by atoms with Gasteiger partial charge in [0, 0.05) is 30.4 Å². The predicted octanol–water partition coefficient (Wildman–Crippen LogP) is 3.61. The third-order valence-corrected chi connectivity index (χ3v) is 6.80. The zero-order valence-electron chi connectivity index (χ0n) is 20.9. The van der Waals surface area contributed by atoms with Crippen LogP contribution in [0.25, 0.3) is 0 Å². The molecule has 1 unspecified atom stereocenters. The molecule has 5 rings (SSSR count). The van der Waals surface area contributed by atoms with Gasteiger partial charge in [0.25, 0.3) is 11.8 Å². The molecule has 3 aromatic rings. The summed E-state index contributed by atoms with van der Waals surface area (Å²) in [7, 11) is 0. The predicted molar refractivity (Wildman–Crippen MR) is 134 cm³/mol. The number of pyridine rings is 1. The van der Waals surface area contributed by atoms with Gasteiger partial charge in [-0.05, 0) is 31.9 Å². The molecule has 3 heterocycles. The van der Waals surface area contributed by atoms with Gasteiger partial charge in [0.2, 0.25) is 5.43 Å². The Labute approximate surface area is 217 Å². The normalized spacial score (nSPS) is 20.5. The summed E-state index contributed by atoms with van der Waals surface area (Å²) in [4.78, 5) is 41.9. The van der Waals surface area contributed by atoms with Crippen LogP contribution in [0.5, 0.6) is 5.75 Å². The van der Waals surface area contributed by atoms with Gasteiger partial charge in [0.05, 0.1) is 12.6 Å². The molecule has 1 saturated heterocycles. The van der Waals surface area contributed by atoms with Crippen LogP contribution in [0.15, 0.2) is 59.5 Å². The fourth-order valence-electron chi connectivity index (χ4n) is 4.98. The molecule has 2 aliphatic heterocycles. The summed E-state index contributed by atoms with van der Waals surface area (Å²) in [5.74, 6) is -2.98. The fourth-order valence-corrected chi connectivity index (χ4v) is 4.98. The molecule has 0 radical (unpaired) electrons. The number of carbonyl (C=O) groups excluding carboxylic acids is 2. The lowest BCUT2D eigenvalue weighted by Gasteiger charge is -2.46. The first kappa shape index (κ1) is 25.6. The van der Waals surface area contributed by atoms with E-state index in [1.807, 2.05) is 44.2 Å². The molecule has 10 heteroatoms. The number of nitrogens with one attached hydrogen (secondary N) is 1. The molecule has 8 nitrogen and oxygen atoms in total. The van der Waals surface area contributed by atoms with E-state index in [4.69, 9.17) is 9.47 Å². The maximum atomic E-state index is 14.1. The number of halogens is 2. The summed E-state index contributed by atoms with van der Waals surface area (Å²) < 4.78 is 40.7. The van der Waals surface area contributed by atoms with E-state index in [1.165, 1.54) is 16.8 Å². The number of amides is 2. The first-order valence-corrected chi connectivity index (χ1v) is 12.4. The van der Waals surface area contributed by atoms with Gasteiger partial charge in [-0.15, -0.1) is 0 Å². The van der Waals surface area contributed by atoms with Crippen molar-refractivity contribution in [2.75, 3.05) is 0 Å². The molecule has 1 N–H and O–H groups in total. The Morgan fingerprint density at radius 3 is 2.63 bits per heavy atom. The number of carbonyl (C=O) groups is 2. The minimum atomic E-state index is -0.817. The Balaban J connectivity index is 1.51. The van der Waals surface area contributed by atoms with E-state index < -0.39 is 35.1 Å². The van der Waals surface area contributed by atoms with E-state index in [2.05, 4.69) is 5.32 Å². The monoisotopic (exact) mass is 523 g/mol. The minimum absolute atomic E-state index is 0.00867. The smallest absolute Gasteiger partial charge is 0.276 e. The first-order chi connectivity index (χ1) is 18.2. The van der Waals surface area contributed by atoms with Crippen LogP contribution in [0.1, 0.15) is 52.2 Å². The average Bonchev–Trinajstić information content (AvgIpc) is 2.87. The number of rotatable bonds is 6. The summed E-state index contributed by atoms with van der Waals surface area (Å²) in [5.41, 5.74) is -0.138. The molecular weight excluding hydrogens is 496 g/mol. The SMILES string of the molecule is CC1C[C@@H](C)N2C(=O)c3c(OCc4ccccc4)c(=O)c(C(=O)NCc4ccc(F)cc4F)cn3C[C@@H]2O1. The van der Waals surface area contributed by atoms with Crippen LogP contribution >= 0.6 is 0 Å². The van der Waals surface area contributed by atoms with Crippen molar-refractivity contribution in [2.45, 2.75) is 58.3 Å². The highest BCUT2D eigenvalue weighted by atomic mass is 19.1. The van der Waals surface area contributed by atoms with Gasteiger partial charge >= 0.3 is 0 Å². The van der Waals surface area contributed by atoms with E-state index >= 15 is 0 Å². The molecule has 0 bridgehead atoms. The van der Waals surface area contributed by atoms with Crippen LogP contribution in [0.3, 0.4) is 0 Å². The molecule has 0 aliphatic carbocycles. The van der Waals surface area contributed by atoms with Crippen molar-refractivity contribution in [3.05, 3.63) is 99.0 Å². The molecule has 3 atom stereocenters. The van der Waals surface area contributed by atoms with Gasteiger partial charge in [0.1, 0.15) is 23.8 Å². The lowest BCUT2D eigenvalue weighted by Crippen LogP contribution is -2.58. The number of hydrogen-bond acceptors (Lipinski definition) is 5. The Morgan fingerprint density at radius 1 is 1.13 bits per heavy atom. The van der Waals surface area contributed by atoms with E-state index in [9.17, 15) is 23.2 Å². The van der Waals surface area contributed by atoms with Crippen LogP contribution in [-0.2, 0) is 24.4 Å². The highest BCUT2D eigenvalue weighted by Crippen LogP contribution is 2.32. The molecule has 2 aromatic carbocycles. The van der Waals surface area contributed by atoms with Crippen LogP contribution < -0.4 is 15.5 Å². The molecular formula is C28H27F2N3O5. The molecule has 38 heavy (non-hydrogen) atoms. The number of ether oxygens (including phenoxy) is 2. The largest absolute Gasteiger partial charge is 0.483 e. The van der Waals surface area contributed by atoms with Crippen molar-refractivity contribution in [2.24, 2.45) is 0 Å². The highest BCUT2D eigenvalue weighted by Gasteiger charge is 2.43. The number of fused-ring (bicyclic) bond motifs is 2. The maximum absolute atomic E-state index is 14.1. The van der Waals surface area contributed by atoms with E-state index in [0.29, 0.717) is 12.5 Å². The van der Waals surface area contributed by atoms with Gasteiger partial charge in [0.15, 0.2) is 17.7 Å². The van der Waals surface area contributed by atoms with Gasteiger partial charge in [-0.25, -0.2) is 8.78 Å². The Bertz CT molecular complexity index is 1440. The van der Waals surface area contributed by atoms with Crippen molar-refractivity contribution in [1.82, 2.24) is 14.8 Å². The zero-order chi connectivity index (χ0) is 27.0. The molecule has 198 valence electrons. The van der Waals surface area contributed by atoms with Crippen LogP contribution in [-0.4, -0.2) is 39.7 Å². The third kappa shape index (κ3) is 4.91. The Hall–Kier alpha value is -4.05. The van der Waals surface area contributed by atoms with Crippen molar-refractivity contribution < 1.29 is 27.8 Å². The lowest BCUT2D eigenvalue weighted by atomic mass is 10.0. The van der Waals surface area contributed by atoms with Gasteiger partial charge < -0.3 is 24.3 Å². The van der Waals surface area contributed by atoms with Crippen molar-refractivity contribution in [3.8, 4) is 5.75 Å². The summed E-state index contributed by atoms with van der Waals surface area (Å²) in [6.07, 6.45) is 1.32. The summed E-state index contributed by atoms with van der Waals surface area (Å²) in [6.45, 7) is 3.80. The topological polar surface area (TPSA) is 89.9 Å². The zero-order valence-corrected chi connectivity index (χ0v) is 20.9. The number of hydrogen-bond donors (Lipinski definition) is 1. The molecule has 0 spiro atoms. The first-order valence-electron chi connectivity index (χ1n) is 12.4. The van der Waals surface area contributed by atoms with Crippen molar-refractivity contribution >= 4 is 11.8 Å². The second-order valence-electron chi connectivity index (χ2n) is 9.59. The van der Waals surface area contributed by atoms with Gasteiger partial charge in [-0.3, -0.25) is 14.4 Å². The summed E-state index contributed by atoms with van der Waals surface area (Å²) in [6, 6.07) is 12.0. The standard InChI is InChI=1S/C28H27F2N3O5/c1-16-10-17(2)38-23-14-32-13-21(27(35)31-12-19-8-9-20(29)11-22(19)30)25(34)26(24(32)28(36)33(16)23)37-15-18-6-4-3-5-7-18/h3-9,11,13,16-17,23H,10,12,14-15H2,1-2H3,(H,31,35)/t16-,17?,23+/m1/s1. The molecule has 0 saturated carbocycles. The van der Waals surface area contributed by atoms with Crippen molar-refractivity contribution in [3.63, 3.8) is 0 Å². The quantitative estimate of drug-likeness (QED) is 0.533. The highest BCUT2D eigenvalue weighted by molar-refractivity contribution is 5.99. The van der Waals surface area contributed by atoms with E-state index in [1.54, 1.807) is 4.90 Å². The lowest BCUT2D eigenvalue weighted by molar-refractivity contribution is -0.146. The molecule has 2 amide bonds. The van der Waals surface area contributed by atoms with Crippen molar-refractivity contribution in [1.29, 1.82) is 0 Å². The Morgan fingerprint density at radius 2 is 1.89 bits per heavy atom. The van der Waals surface area contributed by atoms with E-state index in [0.717, 1.165) is 11.6 Å². The number of nitrogens with zero attached hydrogens (tertiary/aromatic N) is 2. The average molecular weight is 524 g/mol. The van der Waals surface area contributed by atoms with Gasteiger partial charge in [-0.2, -0.15) is 0 Å². The minimum Gasteiger partial charge on any atom is -0.483 e. The maximum Gasteiger partial charge on any atom is 0.276 e. The second-order valence-corrected chi connectivity index (χ2v) is 9.59. The van der Waals surface area contributed by atoms with E-state index in [-0.39, 0.29) is 54.4 Å². The summed E-state index contributed by atoms with van der Waals surface area (Å²) in [5, 5.41) is 2.51. The van der Waals surface area contributed by atoms with Crippen LogP contribution in [0.4, 0.5) is 8.78 Å². The molecule has 1 fully saturated rings. The van der Waals surface area contributed by atoms with Crippen LogP contribution in [0, 0.1) is 11.6 Å². The number of benzene rings is 2.